The van der Waals surface area contributed by atoms with Crippen LogP contribution in [0.25, 0.3) is 0 Å². The van der Waals surface area contributed by atoms with E-state index in [-0.39, 0.29) is 0 Å². The van der Waals surface area contributed by atoms with Crippen molar-refractivity contribution in [2.75, 3.05) is 18.8 Å². The van der Waals surface area contributed by atoms with Crippen LogP contribution in [0.15, 0.2) is 4.99 Å². The SMILES string of the molecule is CCNC(=NCCCC1CC1)NC1CCC(SCC)C1. The van der Waals surface area contributed by atoms with E-state index in [1.165, 1.54) is 50.7 Å². The molecule has 2 N–H and O–H groups in total. The van der Waals surface area contributed by atoms with Gasteiger partial charge in [0.1, 0.15) is 0 Å². The summed E-state index contributed by atoms with van der Waals surface area (Å²) in [6.07, 6.45) is 9.50. The van der Waals surface area contributed by atoms with Gasteiger partial charge < -0.3 is 10.6 Å². The standard InChI is InChI=1S/C16H31N3S/c1-3-17-16(18-11-5-6-13-7-8-13)19-14-9-10-15(12-14)20-4-2/h13-15H,3-12H2,1-2H3,(H2,17,18,19). The molecule has 20 heavy (non-hydrogen) atoms. The second-order valence-electron chi connectivity index (χ2n) is 6.08. The third-order valence-corrected chi connectivity index (χ3v) is 5.44. The highest BCUT2D eigenvalue weighted by Crippen LogP contribution is 2.33. The van der Waals surface area contributed by atoms with Crippen LogP contribution in [0.2, 0.25) is 0 Å². The molecular formula is C16H31N3S. The van der Waals surface area contributed by atoms with E-state index in [0.717, 1.165) is 30.2 Å². The zero-order valence-electron chi connectivity index (χ0n) is 13.2. The zero-order chi connectivity index (χ0) is 14.2. The summed E-state index contributed by atoms with van der Waals surface area (Å²) in [5, 5.41) is 7.88. The second-order valence-corrected chi connectivity index (χ2v) is 7.66. The Balaban J connectivity index is 1.68. The van der Waals surface area contributed by atoms with E-state index < -0.39 is 0 Å². The van der Waals surface area contributed by atoms with Crippen molar-refractivity contribution in [3.05, 3.63) is 0 Å². The molecule has 2 rings (SSSR count). The molecule has 0 bridgehead atoms. The van der Waals surface area contributed by atoms with Crippen LogP contribution < -0.4 is 10.6 Å². The molecule has 0 radical (unpaired) electrons. The number of hydrogen-bond donors (Lipinski definition) is 2. The minimum Gasteiger partial charge on any atom is -0.357 e. The van der Waals surface area contributed by atoms with E-state index in [2.05, 4.69) is 36.2 Å². The van der Waals surface area contributed by atoms with Crippen LogP contribution in [0.1, 0.15) is 58.8 Å². The monoisotopic (exact) mass is 297 g/mol. The van der Waals surface area contributed by atoms with Crippen LogP contribution in [-0.2, 0) is 0 Å². The van der Waals surface area contributed by atoms with E-state index in [1.807, 2.05) is 0 Å². The first-order valence-corrected chi connectivity index (χ1v) is 9.53. The first-order valence-electron chi connectivity index (χ1n) is 8.48. The predicted octanol–water partition coefficient (Wildman–Crippen LogP) is 3.41. The number of aliphatic imine (C=N–C) groups is 1. The number of guanidine groups is 1. The average molecular weight is 298 g/mol. The summed E-state index contributed by atoms with van der Waals surface area (Å²) >= 11 is 2.11. The van der Waals surface area contributed by atoms with Gasteiger partial charge in [-0.25, -0.2) is 0 Å². The Morgan fingerprint density at radius 2 is 2.05 bits per heavy atom. The normalized spacial score (nSPS) is 26.8. The van der Waals surface area contributed by atoms with Crippen molar-refractivity contribution in [3.8, 4) is 0 Å². The molecule has 2 saturated carbocycles. The third kappa shape index (κ3) is 5.94. The number of hydrogen-bond acceptors (Lipinski definition) is 2. The highest BCUT2D eigenvalue weighted by Gasteiger charge is 2.25. The average Bonchev–Trinajstić information content (AvgIpc) is 3.16. The Morgan fingerprint density at radius 3 is 2.75 bits per heavy atom. The number of thioether (sulfide) groups is 1. The quantitative estimate of drug-likeness (QED) is 0.409. The summed E-state index contributed by atoms with van der Waals surface area (Å²) in [6, 6.07) is 0.625. The van der Waals surface area contributed by atoms with E-state index >= 15 is 0 Å². The maximum absolute atomic E-state index is 4.74. The minimum absolute atomic E-state index is 0.625. The molecule has 0 aromatic rings. The summed E-state index contributed by atoms with van der Waals surface area (Å²) in [5.41, 5.74) is 0. The number of rotatable bonds is 8. The van der Waals surface area contributed by atoms with Gasteiger partial charge >= 0.3 is 0 Å². The molecule has 3 nitrogen and oxygen atoms in total. The van der Waals surface area contributed by atoms with Gasteiger partial charge in [0, 0.05) is 24.4 Å². The van der Waals surface area contributed by atoms with E-state index in [4.69, 9.17) is 4.99 Å². The molecule has 116 valence electrons. The molecular weight excluding hydrogens is 266 g/mol. The Labute approximate surface area is 128 Å². The summed E-state index contributed by atoms with van der Waals surface area (Å²) in [7, 11) is 0. The van der Waals surface area contributed by atoms with Gasteiger partial charge in [0.2, 0.25) is 0 Å². The molecule has 2 unspecified atom stereocenters. The fraction of sp³-hybridized carbons (Fsp3) is 0.938. The van der Waals surface area contributed by atoms with Crippen LogP contribution in [0.5, 0.6) is 0 Å². The Morgan fingerprint density at radius 1 is 1.20 bits per heavy atom. The lowest BCUT2D eigenvalue weighted by atomic mass is 10.2. The molecule has 2 aliphatic rings. The summed E-state index contributed by atoms with van der Waals surface area (Å²) in [5.74, 6) is 3.31. The molecule has 2 atom stereocenters. The van der Waals surface area contributed by atoms with Gasteiger partial charge in [-0.1, -0.05) is 19.8 Å². The van der Waals surface area contributed by atoms with Crippen molar-refractivity contribution in [2.45, 2.75) is 70.1 Å². The van der Waals surface area contributed by atoms with Crippen molar-refractivity contribution in [1.82, 2.24) is 10.6 Å². The Bertz CT molecular complexity index is 302. The largest absolute Gasteiger partial charge is 0.357 e. The summed E-state index contributed by atoms with van der Waals surface area (Å²) < 4.78 is 0. The summed E-state index contributed by atoms with van der Waals surface area (Å²) in [4.78, 5) is 4.74. The molecule has 0 spiro atoms. The van der Waals surface area contributed by atoms with Crippen LogP contribution in [-0.4, -0.2) is 36.1 Å². The van der Waals surface area contributed by atoms with Crippen molar-refractivity contribution in [2.24, 2.45) is 10.9 Å². The van der Waals surface area contributed by atoms with E-state index in [0.29, 0.717) is 6.04 Å². The zero-order valence-corrected chi connectivity index (χ0v) is 14.0. The van der Waals surface area contributed by atoms with Crippen molar-refractivity contribution in [1.29, 1.82) is 0 Å². The van der Waals surface area contributed by atoms with Gasteiger partial charge in [0.15, 0.2) is 5.96 Å². The van der Waals surface area contributed by atoms with Gasteiger partial charge in [0.05, 0.1) is 0 Å². The van der Waals surface area contributed by atoms with Gasteiger partial charge in [-0.05, 0) is 50.7 Å². The smallest absolute Gasteiger partial charge is 0.191 e. The highest BCUT2D eigenvalue weighted by atomic mass is 32.2. The molecule has 0 aromatic heterocycles. The van der Waals surface area contributed by atoms with Gasteiger partial charge in [0.25, 0.3) is 0 Å². The lowest BCUT2D eigenvalue weighted by molar-refractivity contribution is 0.610. The molecule has 0 heterocycles. The topological polar surface area (TPSA) is 36.4 Å². The van der Waals surface area contributed by atoms with Crippen LogP contribution in [0, 0.1) is 5.92 Å². The van der Waals surface area contributed by atoms with Gasteiger partial charge in [-0.3, -0.25) is 4.99 Å². The van der Waals surface area contributed by atoms with E-state index in [9.17, 15) is 0 Å². The predicted molar refractivity (Wildman–Crippen MR) is 90.6 cm³/mol. The molecule has 2 aliphatic carbocycles. The fourth-order valence-corrected chi connectivity index (χ4v) is 4.09. The molecule has 0 aliphatic heterocycles. The minimum atomic E-state index is 0.625. The Kier molecular flexibility index (Phi) is 7.05. The van der Waals surface area contributed by atoms with Gasteiger partial charge in [-0.2, -0.15) is 11.8 Å². The number of nitrogens with one attached hydrogen (secondary N) is 2. The third-order valence-electron chi connectivity index (χ3n) is 4.21. The maximum Gasteiger partial charge on any atom is 0.191 e. The Hall–Kier alpha value is -0.380. The second kappa shape index (κ2) is 8.81. The summed E-state index contributed by atoms with van der Waals surface area (Å²) in [6.45, 7) is 6.34. The lowest BCUT2D eigenvalue weighted by Crippen LogP contribution is -2.42. The molecule has 0 amide bonds. The van der Waals surface area contributed by atoms with Crippen molar-refractivity contribution in [3.63, 3.8) is 0 Å². The van der Waals surface area contributed by atoms with Crippen molar-refractivity contribution < 1.29 is 0 Å². The van der Waals surface area contributed by atoms with Crippen LogP contribution in [0.4, 0.5) is 0 Å². The number of nitrogens with zero attached hydrogens (tertiary/aromatic N) is 1. The van der Waals surface area contributed by atoms with E-state index in [1.54, 1.807) is 0 Å². The highest BCUT2D eigenvalue weighted by molar-refractivity contribution is 7.99. The molecule has 2 fully saturated rings. The van der Waals surface area contributed by atoms with Crippen LogP contribution >= 0.6 is 11.8 Å². The molecule has 4 heteroatoms. The van der Waals surface area contributed by atoms with Gasteiger partial charge in [-0.15, -0.1) is 0 Å². The molecule has 0 aromatic carbocycles. The first-order chi connectivity index (χ1) is 9.81. The maximum atomic E-state index is 4.74. The van der Waals surface area contributed by atoms with Crippen LogP contribution in [0.3, 0.4) is 0 Å². The first kappa shape index (κ1) is 16.0. The fourth-order valence-electron chi connectivity index (χ4n) is 2.95. The van der Waals surface area contributed by atoms with Crippen molar-refractivity contribution >= 4 is 17.7 Å². The molecule has 0 saturated heterocycles. The lowest BCUT2D eigenvalue weighted by Gasteiger charge is -2.17.